The van der Waals surface area contributed by atoms with E-state index in [2.05, 4.69) is 10.4 Å². The quantitative estimate of drug-likeness (QED) is 0.125. The number of methoxy groups -OCH3 is 3. The summed E-state index contributed by atoms with van der Waals surface area (Å²) in [5.41, 5.74) is 0.812. The minimum atomic E-state index is -4.86. The van der Waals surface area contributed by atoms with Crippen LogP contribution in [0.5, 0.6) is 23.0 Å². The Hall–Kier alpha value is -5.71. The van der Waals surface area contributed by atoms with Gasteiger partial charge in [-0.05, 0) is 66.8 Å². The normalized spacial score (nSPS) is 24.6. The number of alkyl halides is 3. The van der Waals surface area contributed by atoms with Crippen molar-refractivity contribution >= 4 is 69.9 Å². The highest BCUT2D eigenvalue weighted by atomic mass is 35.5. The highest BCUT2D eigenvalue weighted by molar-refractivity contribution is 6.36. The number of benzene rings is 3. The molecule has 8 rings (SSSR count). The fourth-order valence-corrected chi connectivity index (χ4v) is 10.2. The number of pyridine rings is 1. The zero-order valence-corrected chi connectivity index (χ0v) is 34.9. The molecule has 3 aromatic carbocycles. The first-order valence-electron chi connectivity index (χ1n) is 18.7. The number of anilines is 2. The second-order valence-corrected chi connectivity index (χ2v) is 16.2. The molecule has 4 amide bonds. The van der Waals surface area contributed by atoms with Crippen LogP contribution in [0.25, 0.3) is 0 Å². The molecule has 0 spiro atoms. The number of phenolic OH excluding ortho intramolecular Hbond substituents is 1. The van der Waals surface area contributed by atoms with Crippen molar-refractivity contribution < 1.29 is 51.7 Å². The number of halogens is 6. The number of ether oxygens (including phenoxy) is 3. The Morgan fingerprint density at radius 3 is 2.20 bits per heavy atom. The fraction of sp³-hybridized carbons (Fsp3) is 0.310. The molecular formula is C42H35Cl3F3N5O8. The third kappa shape index (κ3) is 6.49. The molecule has 1 saturated carbocycles. The number of nitrogens with zero attached hydrogens (tertiary/aromatic N) is 4. The third-order valence-corrected chi connectivity index (χ3v) is 13.0. The zero-order chi connectivity index (χ0) is 43.9. The van der Waals surface area contributed by atoms with E-state index >= 15 is 9.59 Å². The third-order valence-electron chi connectivity index (χ3n) is 12.1. The molecule has 2 N–H and O–H groups in total. The number of aromatic hydroxyl groups is 1. The van der Waals surface area contributed by atoms with Gasteiger partial charge in [0.2, 0.25) is 0 Å². The number of nitrogens with one attached hydrogen (secondary N) is 1. The Kier molecular flexibility index (Phi) is 10.6. The molecule has 0 bridgehead atoms. The van der Waals surface area contributed by atoms with E-state index < -0.39 is 76.3 Å². The number of aromatic nitrogens is 1. The lowest BCUT2D eigenvalue weighted by atomic mass is 9.49. The summed E-state index contributed by atoms with van der Waals surface area (Å²) in [6.45, 7) is 0. The molecule has 6 atom stereocenters. The molecule has 2 aliphatic heterocycles. The smallest absolute Gasteiger partial charge is 0.433 e. The van der Waals surface area contributed by atoms with Crippen molar-refractivity contribution in [2.24, 2.45) is 23.7 Å². The van der Waals surface area contributed by atoms with E-state index in [0.29, 0.717) is 28.0 Å². The maximum Gasteiger partial charge on any atom is 0.433 e. The number of carbonyl (C=O) groups excluding carboxylic acids is 4. The van der Waals surface area contributed by atoms with Gasteiger partial charge in [0.1, 0.15) is 28.7 Å². The number of allylic oxidation sites excluding steroid dienone is 2. The van der Waals surface area contributed by atoms with Crippen LogP contribution < -0.4 is 24.6 Å². The predicted octanol–water partition coefficient (Wildman–Crippen LogP) is 7.83. The standard InChI is InChI=1S/C42H35Cl3F3N5O8/c1-51(36-27(44)12-14-32(49-36)42(46,47)48)53-37(55)24-11-10-23-25(33(24)39(53)57)18-26-38(56)52(50-29-13-7-20(43)15-28(29)45)40(58)41(26,19-5-8-21(59-2)9-6-19)35(23)34-30(54)16-22(60-3)17-31(34)61-4/h5-10,12-17,24-26,33,35,50,54H,11,18H2,1-4H3. The number of carbonyl (C=O) groups is 4. The monoisotopic (exact) mass is 899 g/mol. The van der Waals surface area contributed by atoms with Gasteiger partial charge in [-0.2, -0.15) is 23.2 Å². The van der Waals surface area contributed by atoms with Gasteiger partial charge in [-0.3, -0.25) is 29.6 Å². The maximum absolute atomic E-state index is 15.6. The number of amides is 4. The summed E-state index contributed by atoms with van der Waals surface area (Å²) in [6, 6.07) is 15.5. The summed E-state index contributed by atoms with van der Waals surface area (Å²) in [7, 11) is 5.43. The van der Waals surface area contributed by atoms with Gasteiger partial charge in [0.25, 0.3) is 23.6 Å². The van der Waals surface area contributed by atoms with E-state index in [-0.39, 0.29) is 51.4 Å². The van der Waals surface area contributed by atoms with Crippen LogP contribution in [0, 0.1) is 23.7 Å². The van der Waals surface area contributed by atoms with E-state index in [4.69, 9.17) is 49.0 Å². The number of fused-ring (bicyclic) bond motifs is 4. The van der Waals surface area contributed by atoms with Crippen molar-refractivity contribution in [3.63, 3.8) is 0 Å². The van der Waals surface area contributed by atoms with Crippen LogP contribution in [0.4, 0.5) is 24.7 Å². The summed E-state index contributed by atoms with van der Waals surface area (Å²) < 4.78 is 58.1. The molecule has 0 radical (unpaired) electrons. The molecule has 3 heterocycles. The van der Waals surface area contributed by atoms with Crippen molar-refractivity contribution in [1.29, 1.82) is 0 Å². The van der Waals surface area contributed by atoms with Gasteiger partial charge in [-0.25, -0.2) is 4.98 Å². The van der Waals surface area contributed by atoms with E-state index in [1.54, 1.807) is 30.3 Å². The predicted molar refractivity (Wildman–Crippen MR) is 216 cm³/mol. The molecule has 61 heavy (non-hydrogen) atoms. The second-order valence-electron chi connectivity index (χ2n) is 15.0. The van der Waals surface area contributed by atoms with Gasteiger partial charge in [0.05, 0.1) is 60.2 Å². The average molecular weight is 901 g/mol. The van der Waals surface area contributed by atoms with Crippen molar-refractivity contribution in [3.8, 4) is 23.0 Å². The lowest BCUT2D eigenvalue weighted by molar-refractivity contribution is -0.142. The van der Waals surface area contributed by atoms with Gasteiger partial charge in [-0.15, -0.1) is 0 Å². The largest absolute Gasteiger partial charge is 0.507 e. The Balaban J connectivity index is 1.33. The molecule has 2 aliphatic carbocycles. The van der Waals surface area contributed by atoms with Crippen molar-refractivity contribution in [2.45, 2.75) is 30.4 Å². The lowest BCUT2D eigenvalue weighted by Crippen LogP contribution is -2.53. The minimum Gasteiger partial charge on any atom is -0.507 e. The van der Waals surface area contributed by atoms with Crippen LogP contribution in [0.15, 0.2) is 78.4 Å². The van der Waals surface area contributed by atoms with Crippen LogP contribution in [-0.4, -0.2) is 72.1 Å². The second kappa shape index (κ2) is 15.3. The number of hydrogen-bond donors (Lipinski definition) is 2. The maximum atomic E-state index is 15.6. The van der Waals surface area contributed by atoms with E-state index in [1.165, 1.54) is 58.7 Å². The number of hydrogen-bond acceptors (Lipinski definition) is 11. The minimum absolute atomic E-state index is 0.0568. The molecular weight excluding hydrogens is 866 g/mol. The molecule has 4 aromatic rings. The lowest BCUT2D eigenvalue weighted by Gasteiger charge is -2.50. The van der Waals surface area contributed by atoms with Crippen LogP contribution in [-0.2, 0) is 30.8 Å². The number of rotatable bonds is 9. The summed E-state index contributed by atoms with van der Waals surface area (Å²) >= 11 is 19.0. The van der Waals surface area contributed by atoms with Crippen molar-refractivity contribution in [3.05, 3.63) is 110 Å². The zero-order valence-electron chi connectivity index (χ0n) is 32.6. The van der Waals surface area contributed by atoms with Crippen molar-refractivity contribution in [2.75, 3.05) is 38.8 Å². The SMILES string of the molecule is COc1ccc(C23C(=O)N(Nc4ccc(Cl)cc4Cl)C(=O)C2CC2C(=CCC4C(=O)N(N(C)c5nc(C(F)(F)F)ccc5Cl)C(=O)C42)C3c2c(O)cc(OC)cc2OC)cc1. The number of phenols is 1. The Morgan fingerprint density at radius 1 is 0.852 bits per heavy atom. The first kappa shape index (κ1) is 42.0. The highest BCUT2D eigenvalue weighted by Gasteiger charge is 2.71. The topological polar surface area (TPSA) is 151 Å². The number of hydrazine groups is 2. The van der Waals surface area contributed by atoms with E-state index in [1.807, 2.05) is 0 Å². The molecule has 2 saturated heterocycles. The van der Waals surface area contributed by atoms with E-state index in [0.717, 1.165) is 21.1 Å². The van der Waals surface area contributed by atoms with Crippen LogP contribution in [0.1, 0.15) is 35.6 Å². The molecule has 1 aromatic heterocycles. The summed E-state index contributed by atoms with van der Waals surface area (Å²) in [5, 5.41) is 14.6. The molecule has 318 valence electrons. The summed E-state index contributed by atoms with van der Waals surface area (Å²) in [6.07, 6.45) is -3.35. The number of imide groups is 2. The molecule has 13 nitrogen and oxygen atoms in total. The Bertz CT molecular complexity index is 2540. The molecule has 3 fully saturated rings. The summed E-state index contributed by atoms with van der Waals surface area (Å²) in [5.74, 6) is -8.75. The summed E-state index contributed by atoms with van der Waals surface area (Å²) in [4.78, 5) is 63.5. The van der Waals surface area contributed by atoms with Gasteiger partial charge >= 0.3 is 6.18 Å². The van der Waals surface area contributed by atoms with E-state index in [9.17, 15) is 27.9 Å². The average Bonchev–Trinajstić information content (AvgIpc) is 3.61. The van der Waals surface area contributed by atoms with Crippen molar-refractivity contribution in [1.82, 2.24) is 15.0 Å². The van der Waals surface area contributed by atoms with Crippen LogP contribution in [0.3, 0.4) is 0 Å². The fourth-order valence-electron chi connectivity index (χ4n) is 9.51. The first-order chi connectivity index (χ1) is 29.0. The Labute approximate surface area is 361 Å². The van der Waals surface area contributed by atoms with Gasteiger partial charge in [0.15, 0.2) is 5.82 Å². The van der Waals surface area contributed by atoms with Gasteiger partial charge in [0, 0.05) is 35.7 Å². The molecule has 19 heteroatoms. The molecule has 6 unspecified atom stereocenters. The highest BCUT2D eigenvalue weighted by Crippen LogP contribution is 2.66. The first-order valence-corrected chi connectivity index (χ1v) is 19.9. The molecule has 4 aliphatic rings. The van der Waals surface area contributed by atoms with Gasteiger partial charge in [-0.1, -0.05) is 58.6 Å². The van der Waals surface area contributed by atoms with Crippen LogP contribution >= 0.6 is 34.8 Å². The Morgan fingerprint density at radius 2 is 1.56 bits per heavy atom. The van der Waals surface area contributed by atoms with Crippen LogP contribution in [0.2, 0.25) is 15.1 Å². The van der Waals surface area contributed by atoms with Gasteiger partial charge < -0.3 is 19.3 Å².